The number of hydrogen-bond donors (Lipinski definition) is 1. The van der Waals surface area contributed by atoms with Gasteiger partial charge in [-0.3, -0.25) is 4.79 Å². The van der Waals surface area contributed by atoms with Gasteiger partial charge in [-0.15, -0.1) is 11.3 Å². The molecule has 2 aliphatic heterocycles. The molecule has 1 saturated carbocycles. The fourth-order valence-corrected chi connectivity index (χ4v) is 5.67. The third-order valence-corrected chi connectivity index (χ3v) is 7.54. The van der Waals surface area contributed by atoms with Crippen molar-refractivity contribution in [1.82, 2.24) is 10.3 Å². The van der Waals surface area contributed by atoms with E-state index in [1.165, 1.54) is 16.9 Å². The molecule has 1 saturated heterocycles. The van der Waals surface area contributed by atoms with E-state index in [1.807, 2.05) is 18.3 Å². The van der Waals surface area contributed by atoms with Gasteiger partial charge >= 0.3 is 0 Å². The van der Waals surface area contributed by atoms with Crippen LogP contribution in [0.25, 0.3) is 0 Å². The van der Waals surface area contributed by atoms with E-state index < -0.39 is 0 Å². The van der Waals surface area contributed by atoms with Crippen LogP contribution in [0.3, 0.4) is 0 Å². The molecule has 0 unspecified atom stereocenters. The second-order valence-corrected chi connectivity index (χ2v) is 8.89. The van der Waals surface area contributed by atoms with Crippen LogP contribution in [-0.4, -0.2) is 36.6 Å². The Labute approximate surface area is 163 Å². The molecule has 1 N–H and O–H groups in total. The molecule has 27 heavy (non-hydrogen) atoms. The van der Waals surface area contributed by atoms with Crippen LogP contribution >= 0.6 is 11.3 Å². The Kier molecular flexibility index (Phi) is 4.40. The lowest BCUT2D eigenvalue weighted by molar-refractivity contribution is -0.0735. The molecule has 142 valence electrons. The van der Waals surface area contributed by atoms with Crippen LogP contribution in [0.5, 0.6) is 0 Å². The van der Waals surface area contributed by atoms with Crippen LogP contribution in [0.2, 0.25) is 0 Å². The van der Waals surface area contributed by atoms with E-state index in [1.54, 1.807) is 11.3 Å². The molecular weight excluding hydrogens is 358 g/mol. The SMILES string of the molecule is O=C(NC1CCC1)c1cc2c(s1)C1(CCN(c3ccccn3)CC1)OCC2. The van der Waals surface area contributed by atoms with Crippen molar-refractivity contribution in [2.24, 2.45) is 0 Å². The van der Waals surface area contributed by atoms with Crippen LogP contribution in [-0.2, 0) is 16.8 Å². The summed E-state index contributed by atoms with van der Waals surface area (Å²) in [6.45, 7) is 2.60. The molecule has 0 radical (unpaired) electrons. The van der Waals surface area contributed by atoms with E-state index in [-0.39, 0.29) is 11.5 Å². The zero-order chi connectivity index (χ0) is 18.3. The summed E-state index contributed by atoms with van der Waals surface area (Å²) in [7, 11) is 0. The maximum atomic E-state index is 12.6. The number of nitrogens with one attached hydrogen (secondary N) is 1. The molecule has 6 heteroatoms. The Morgan fingerprint density at radius 1 is 1.30 bits per heavy atom. The number of nitrogens with zero attached hydrogens (tertiary/aromatic N) is 2. The Morgan fingerprint density at radius 2 is 2.15 bits per heavy atom. The molecule has 3 aliphatic rings. The lowest BCUT2D eigenvalue weighted by Crippen LogP contribution is -2.46. The Bertz CT molecular complexity index is 823. The summed E-state index contributed by atoms with van der Waals surface area (Å²) in [4.78, 5) is 21.6. The van der Waals surface area contributed by atoms with Crippen molar-refractivity contribution in [3.8, 4) is 0 Å². The average Bonchev–Trinajstić information content (AvgIpc) is 3.12. The second kappa shape index (κ2) is 6.91. The molecule has 2 fully saturated rings. The molecular formula is C21H25N3O2S. The summed E-state index contributed by atoms with van der Waals surface area (Å²) in [5.74, 6) is 1.13. The van der Waals surface area contributed by atoms with Gasteiger partial charge in [-0.2, -0.15) is 0 Å². The molecule has 2 aromatic rings. The fourth-order valence-electron chi connectivity index (χ4n) is 4.35. The summed E-state index contributed by atoms with van der Waals surface area (Å²) < 4.78 is 6.36. The summed E-state index contributed by atoms with van der Waals surface area (Å²) >= 11 is 1.65. The number of piperidine rings is 1. The summed E-state index contributed by atoms with van der Waals surface area (Å²) in [6, 6.07) is 8.55. The van der Waals surface area contributed by atoms with Crippen molar-refractivity contribution in [2.75, 3.05) is 24.6 Å². The van der Waals surface area contributed by atoms with Gasteiger partial charge in [0.2, 0.25) is 0 Å². The van der Waals surface area contributed by atoms with Gasteiger partial charge in [0.05, 0.1) is 11.5 Å². The highest BCUT2D eigenvalue weighted by atomic mass is 32.1. The number of pyridine rings is 1. The standard InChI is InChI=1S/C21H25N3O2S/c25-20(23-16-4-3-5-16)17-14-15-7-13-26-21(19(15)27-17)8-11-24(12-9-21)18-6-1-2-10-22-18/h1-2,6,10,14,16H,3-5,7-9,11-13H2,(H,23,25). The van der Waals surface area contributed by atoms with Crippen molar-refractivity contribution >= 4 is 23.1 Å². The Hall–Kier alpha value is -1.92. The van der Waals surface area contributed by atoms with Crippen LogP contribution in [0.1, 0.15) is 52.2 Å². The van der Waals surface area contributed by atoms with Gasteiger partial charge in [0.25, 0.3) is 5.91 Å². The van der Waals surface area contributed by atoms with E-state index in [2.05, 4.69) is 27.3 Å². The van der Waals surface area contributed by atoms with Crippen LogP contribution < -0.4 is 10.2 Å². The molecule has 4 heterocycles. The van der Waals surface area contributed by atoms with E-state index in [0.29, 0.717) is 6.04 Å². The minimum Gasteiger partial charge on any atom is -0.369 e. The molecule has 0 atom stereocenters. The zero-order valence-electron chi connectivity index (χ0n) is 15.4. The van der Waals surface area contributed by atoms with Crippen LogP contribution in [0, 0.1) is 0 Å². The summed E-state index contributed by atoms with van der Waals surface area (Å²) in [6.07, 6.45) is 8.12. The maximum Gasteiger partial charge on any atom is 0.261 e. The number of thiophene rings is 1. The Morgan fingerprint density at radius 3 is 2.85 bits per heavy atom. The van der Waals surface area contributed by atoms with E-state index in [0.717, 1.165) is 62.5 Å². The highest BCUT2D eigenvalue weighted by molar-refractivity contribution is 7.14. The quantitative estimate of drug-likeness (QED) is 0.881. The first-order valence-corrected chi connectivity index (χ1v) is 10.8. The van der Waals surface area contributed by atoms with Gasteiger partial charge < -0.3 is 15.0 Å². The fraction of sp³-hybridized carbons (Fsp3) is 0.524. The van der Waals surface area contributed by atoms with Crippen LogP contribution in [0.15, 0.2) is 30.5 Å². The van der Waals surface area contributed by atoms with E-state index in [4.69, 9.17) is 4.74 Å². The summed E-state index contributed by atoms with van der Waals surface area (Å²) in [5, 5.41) is 3.18. The summed E-state index contributed by atoms with van der Waals surface area (Å²) in [5.41, 5.74) is 1.09. The second-order valence-electron chi connectivity index (χ2n) is 7.83. The molecule has 5 nitrogen and oxygen atoms in total. The number of amides is 1. The normalized spacial score (nSPS) is 21.6. The number of aromatic nitrogens is 1. The molecule has 2 aromatic heterocycles. The first kappa shape index (κ1) is 17.2. The van der Waals surface area contributed by atoms with Gasteiger partial charge in [-0.25, -0.2) is 4.98 Å². The number of hydrogen-bond acceptors (Lipinski definition) is 5. The molecule has 1 spiro atoms. The predicted molar refractivity (Wildman–Crippen MR) is 106 cm³/mol. The third-order valence-electron chi connectivity index (χ3n) is 6.18. The van der Waals surface area contributed by atoms with Gasteiger partial charge in [-0.1, -0.05) is 6.07 Å². The van der Waals surface area contributed by atoms with Crippen LogP contribution in [0.4, 0.5) is 5.82 Å². The average molecular weight is 384 g/mol. The van der Waals surface area contributed by atoms with Crippen molar-refractivity contribution < 1.29 is 9.53 Å². The molecule has 1 amide bonds. The van der Waals surface area contributed by atoms with E-state index in [9.17, 15) is 4.79 Å². The topological polar surface area (TPSA) is 54.5 Å². The highest BCUT2D eigenvalue weighted by Gasteiger charge is 2.43. The molecule has 1 aliphatic carbocycles. The van der Waals surface area contributed by atoms with Crippen molar-refractivity contribution in [3.63, 3.8) is 0 Å². The first-order chi connectivity index (χ1) is 13.2. The Balaban J connectivity index is 1.34. The third kappa shape index (κ3) is 3.15. The zero-order valence-corrected chi connectivity index (χ0v) is 16.3. The van der Waals surface area contributed by atoms with Gasteiger partial charge in [0.15, 0.2) is 0 Å². The monoisotopic (exact) mass is 383 g/mol. The smallest absolute Gasteiger partial charge is 0.261 e. The number of carbonyl (C=O) groups is 1. The van der Waals surface area contributed by atoms with E-state index >= 15 is 0 Å². The number of carbonyl (C=O) groups excluding carboxylic acids is 1. The first-order valence-electron chi connectivity index (χ1n) is 9.97. The van der Waals surface area contributed by atoms with Crippen molar-refractivity contribution in [2.45, 2.75) is 50.2 Å². The predicted octanol–water partition coefficient (Wildman–Crippen LogP) is 3.49. The highest BCUT2D eigenvalue weighted by Crippen LogP contribution is 2.45. The lowest BCUT2D eigenvalue weighted by atomic mass is 9.85. The van der Waals surface area contributed by atoms with Crippen molar-refractivity contribution in [3.05, 3.63) is 45.8 Å². The number of rotatable bonds is 3. The van der Waals surface area contributed by atoms with Crippen molar-refractivity contribution in [1.29, 1.82) is 0 Å². The molecule has 0 aromatic carbocycles. The number of fused-ring (bicyclic) bond motifs is 2. The number of anilines is 1. The number of ether oxygens (including phenoxy) is 1. The lowest BCUT2D eigenvalue weighted by Gasteiger charge is -2.44. The maximum absolute atomic E-state index is 12.6. The minimum atomic E-state index is -0.224. The van der Waals surface area contributed by atoms with Gasteiger partial charge in [-0.05, 0) is 62.3 Å². The van der Waals surface area contributed by atoms with Gasteiger partial charge in [0, 0.05) is 30.2 Å². The van der Waals surface area contributed by atoms with Gasteiger partial charge in [0.1, 0.15) is 11.4 Å². The molecule has 5 rings (SSSR count). The molecule has 0 bridgehead atoms. The minimum absolute atomic E-state index is 0.0974. The largest absolute Gasteiger partial charge is 0.369 e.